The van der Waals surface area contributed by atoms with E-state index < -0.39 is 0 Å². The number of ether oxygens (including phenoxy) is 1. The van der Waals surface area contributed by atoms with Gasteiger partial charge in [0.25, 0.3) is 0 Å². The molecule has 1 aliphatic heterocycles. The van der Waals surface area contributed by atoms with E-state index in [-0.39, 0.29) is 36.5 Å². The Bertz CT molecular complexity index is 657. The van der Waals surface area contributed by atoms with Crippen LogP contribution >= 0.6 is 11.6 Å². The first kappa shape index (κ1) is 21.2. The van der Waals surface area contributed by atoms with Gasteiger partial charge in [0.2, 0.25) is 11.8 Å². The van der Waals surface area contributed by atoms with E-state index in [4.69, 9.17) is 16.3 Å². The van der Waals surface area contributed by atoms with Crippen LogP contribution in [0.1, 0.15) is 45.4 Å². The SMILES string of the molecule is CC(=O)CCC(=O)NC1CCN(C(=O)CCCOc2ccccc2Cl)CC1. The molecule has 1 heterocycles. The Morgan fingerprint density at radius 2 is 1.85 bits per heavy atom. The van der Waals surface area contributed by atoms with Crippen LogP contribution in [0, 0.1) is 0 Å². The van der Waals surface area contributed by atoms with Gasteiger partial charge >= 0.3 is 0 Å². The highest BCUT2D eigenvalue weighted by molar-refractivity contribution is 6.32. The maximum atomic E-state index is 12.3. The minimum atomic E-state index is -0.0910. The van der Waals surface area contributed by atoms with Crippen LogP contribution in [-0.2, 0) is 14.4 Å². The van der Waals surface area contributed by atoms with Gasteiger partial charge in [0, 0.05) is 38.4 Å². The smallest absolute Gasteiger partial charge is 0.222 e. The summed E-state index contributed by atoms with van der Waals surface area (Å²) in [7, 11) is 0. The molecular formula is C20H27ClN2O4. The van der Waals surface area contributed by atoms with E-state index in [2.05, 4.69) is 5.32 Å². The van der Waals surface area contributed by atoms with E-state index in [9.17, 15) is 14.4 Å². The molecular weight excluding hydrogens is 368 g/mol. The van der Waals surface area contributed by atoms with Crippen molar-refractivity contribution in [1.29, 1.82) is 0 Å². The van der Waals surface area contributed by atoms with E-state index in [1.165, 1.54) is 6.92 Å². The quantitative estimate of drug-likeness (QED) is 0.653. The van der Waals surface area contributed by atoms with Gasteiger partial charge in [-0.2, -0.15) is 0 Å². The number of likely N-dealkylation sites (tertiary alicyclic amines) is 1. The van der Waals surface area contributed by atoms with Crippen LogP contribution in [0.4, 0.5) is 0 Å². The number of carbonyl (C=O) groups excluding carboxylic acids is 3. The number of ketones is 1. The monoisotopic (exact) mass is 394 g/mol. The molecule has 1 N–H and O–H groups in total. The number of rotatable bonds is 9. The van der Waals surface area contributed by atoms with E-state index in [0.29, 0.717) is 43.3 Å². The Morgan fingerprint density at radius 1 is 1.15 bits per heavy atom. The number of hydrogen-bond acceptors (Lipinski definition) is 4. The summed E-state index contributed by atoms with van der Waals surface area (Å²) in [5.74, 6) is 0.669. The van der Waals surface area contributed by atoms with Gasteiger partial charge in [-0.3, -0.25) is 9.59 Å². The predicted octanol–water partition coefficient (Wildman–Crippen LogP) is 2.98. The third-order valence-electron chi connectivity index (χ3n) is 4.55. The third-order valence-corrected chi connectivity index (χ3v) is 4.86. The molecule has 0 spiro atoms. The van der Waals surface area contributed by atoms with Gasteiger partial charge in [-0.25, -0.2) is 0 Å². The highest BCUT2D eigenvalue weighted by Crippen LogP contribution is 2.23. The molecule has 2 rings (SSSR count). The molecule has 0 saturated carbocycles. The number of amides is 2. The fourth-order valence-corrected chi connectivity index (χ4v) is 3.18. The molecule has 0 radical (unpaired) electrons. The van der Waals surface area contributed by atoms with Gasteiger partial charge < -0.3 is 19.7 Å². The second-order valence-electron chi connectivity index (χ2n) is 6.81. The Balaban J connectivity index is 1.61. The number of hydrogen-bond donors (Lipinski definition) is 1. The van der Waals surface area contributed by atoms with Gasteiger partial charge in [-0.1, -0.05) is 23.7 Å². The number of piperidine rings is 1. The molecule has 0 bridgehead atoms. The first-order valence-corrected chi connectivity index (χ1v) is 9.77. The predicted molar refractivity (Wildman–Crippen MR) is 104 cm³/mol. The van der Waals surface area contributed by atoms with E-state index in [0.717, 1.165) is 12.8 Å². The summed E-state index contributed by atoms with van der Waals surface area (Å²) in [6.45, 7) is 3.21. The lowest BCUT2D eigenvalue weighted by molar-refractivity contribution is -0.132. The van der Waals surface area contributed by atoms with Crippen molar-refractivity contribution >= 4 is 29.2 Å². The lowest BCUT2D eigenvalue weighted by Crippen LogP contribution is -2.46. The zero-order valence-corrected chi connectivity index (χ0v) is 16.5. The molecule has 0 aliphatic carbocycles. The van der Waals surface area contributed by atoms with Gasteiger partial charge in [-0.15, -0.1) is 0 Å². The van der Waals surface area contributed by atoms with Crippen molar-refractivity contribution in [2.45, 2.75) is 51.5 Å². The number of nitrogens with one attached hydrogen (secondary N) is 1. The maximum absolute atomic E-state index is 12.3. The summed E-state index contributed by atoms with van der Waals surface area (Å²) in [4.78, 5) is 36.8. The van der Waals surface area contributed by atoms with E-state index in [1.54, 1.807) is 12.1 Å². The Hall–Kier alpha value is -2.08. The van der Waals surface area contributed by atoms with Crippen LogP contribution in [-0.4, -0.2) is 48.2 Å². The van der Waals surface area contributed by atoms with Crippen LogP contribution in [0.3, 0.4) is 0 Å². The molecule has 1 fully saturated rings. The molecule has 27 heavy (non-hydrogen) atoms. The third kappa shape index (κ3) is 7.59. The number of halogens is 1. The maximum Gasteiger partial charge on any atom is 0.222 e. The van der Waals surface area contributed by atoms with Crippen molar-refractivity contribution in [3.63, 3.8) is 0 Å². The van der Waals surface area contributed by atoms with Crippen molar-refractivity contribution in [3.05, 3.63) is 29.3 Å². The molecule has 7 heteroatoms. The Kier molecular flexibility index (Phi) is 8.58. The van der Waals surface area contributed by atoms with Crippen LogP contribution in [0.5, 0.6) is 5.75 Å². The van der Waals surface area contributed by atoms with Crippen LogP contribution in [0.2, 0.25) is 5.02 Å². The Labute approximate surface area is 165 Å². The largest absolute Gasteiger partial charge is 0.492 e. The Morgan fingerprint density at radius 3 is 2.52 bits per heavy atom. The average Bonchev–Trinajstić information content (AvgIpc) is 2.65. The second-order valence-corrected chi connectivity index (χ2v) is 7.21. The summed E-state index contributed by atoms with van der Waals surface area (Å²) in [5.41, 5.74) is 0. The first-order valence-electron chi connectivity index (χ1n) is 9.39. The van der Waals surface area contributed by atoms with E-state index in [1.807, 2.05) is 17.0 Å². The van der Waals surface area contributed by atoms with Crippen molar-refractivity contribution in [1.82, 2.24) is 10.2 Å². The normalized spacial score (nSPS) is 14.7. The molecule has 0 aromatic heterocycles. The van der Waals surface area contributed by atoms with E-state index >= 15 is 0 Å². The highest BCUT2D eigenvalue weighted by atomic mass is 35.5. The molecule has 1 aromatic carbocycles. The van der Waals surface area contributed by atoms with Gasteiger partial charge in [0.05, 0.1) is 11.6 Å². The number of para-hydroxylation sites is 1. The van der Waals surface area contributed by atoms with Gasteiger partial charge in [-0.05, 0) is 38.3 Å². The van der Waals surface area contributed by atoms with Crippen molar-refractivity contribution < 1.29 is 19.1 Å². The minimum absolute atomic E-state index is 0.0177. The fraction of sp³-hybridized carbons (Fsp3) is 0.550. The second kappa shape index (κ2) is 10.9. The fourth-order valence-electron chi connectivity index (χ4n) is 2.99. The number of Topliss-reactive ketones (excluding diaryl/α,β-unsaturated/α-hetero) is 1. The molecule has 0 atom stereocenters. The van der Waals surface area contributed by atoms with Gasteiger partial charge in [0.1, 0.15) is 11.5 Å². The standard InChI is InChI=1S/C20H27ClN2O4/c1-15(24)8-9-19(25)22-16-10-12-23(13-11-16)20(26)7-4-14-27-18-6-3-2-5-17(18)21/h2-3,5-6,16H,4,7-14H2,1H3,(H,22,25). The zero-order chi connectivity index (χ0) is 19.6. The summed E-state index contributed by atoms with van der Waals surface area (Å²) < 4.78 is 5.60. The molecule has 1 aromatic rings. The number of benzene rings is 1. The van der Waals surface area contributed by atoms with Gasteiger partial charge in [0.15, 0.2) is 0 Å². The summed E-state index contributed by atoms with van der Waals surface area (Å²) in [6.07, 6.45) is 3.06. The van der Waals surface area contributed by atoms with Crippen LogP contribution < -0.4 is 10.1 Å². The van der Waals surface area contributed by atoms with Crippen molar-refractivity contribution in [2.24, 2.45) is 0 Å². The first-order chi connectivity index (χ1) is 13.0. The number of nitrogens with zero attached hydrogens (tertiary/aromatic N) is 1. The van der Waals surface area contributed by atoms with Crippen molar-refractivity contribution in [2.75, 3.05) is 19.7 Å². The van der Waals surface area contributed by atoms with Crippen LogP contribution in [0.25, 0.3) is 0 Å². The molecule has 1 saturated heterocycles. The summed E-state index contributed by atoms with van der Waals surface area (Å²) in [5, 5.41) is 3.51. The summed E-state index contributed by atoms with van der Waals surface area (Å²) >= 11 is 6.03. The van der Waals surface area contributed by atoms with Crippen LogP contribution in [0.15, 0.2) is 24.3 Å². The molecule has 1 aliphatic rings. The molecule has 6 nitrogen and oxygen atoms in total. The average molecular weight is 395 g/mol. The zero-order valence-electron chi connectivity index (χ0n) is 15.7. The number of carbonyl (C=O) groups is 3. The topological polar surface area (TPSA) is 75.7 Å². The molecule has 2 amide bonds. The summed E-state index contributed by atoms with van der Waals surface area (Å²) in [6, 6.07) is 7.35. The van der Waals surface area contributed by atoms with Crippen molar-refractivity contribution in [3.8, 4) is 5.75 Å². The molecule has 0 unspecified atom stereocenters. The lowest BCUT2D eigenvalue weighted by atomic mass is 10.0. The molecule has 148 valence electrons. The lowest BCUT2D eigenvalue weighted by Gasteiger charge is -2.32. The minimum Gasteiger partial charge on any atom is -0.492 e. The highest BCUT2D eigenvalue weighted by Gasteiger charge is 2.23.